The molecule has 0 saturated heterocycles. The molecule has 3 aromatic heterocycles. The molecule has 0 spiro atoms. The summed E-state index contributed by atoms with van der Waals surface area (Å²) in [5, 5.41) is 13.1. The predicted octanol–water partition coefficient (Wildman–Crippen LogP) is 3.00. The number of nitro groups is 1. The van der Waals surface area contributed by atoms with Crippen LogP contribution in [0.15, 0.2) is 51.5 Å². The summed E-state index contributed by atoms with van der Waals surface area (Å²) in [4.78, 5) is 35.0. The van der Waals surface area contributed by atoms with Crippen molar-refractivity contribution in [2.75, 3.05) is 0 Å². The van der Waals surface area contributed by atoms with Gasteiger partial charge in [-0.05, 0) is 30.3 Å². The minimum absolute atomic E-state index is 0.148. The highest BCUT2D eigenvalue weighted by atomic mass is 32.1. The van der Waals surface area contributed by atoms with Crippen molar-refractivity contribution in [2.45, 2.75) is 6.54 Å². The Morgan fingerprint density at radius 1 is 1.17 bits per heavy atom. The second kappa shape index (κ2) is 6.50. The van der Waals surface area contributed by atoms with Crippen LogP contribution in [0.1, 0.15) is 30.9 Å². The number of thiophene rings is 1. The van der Waals surface area contributed by atoms with Gasteiger partial charge < -0.3 is 14.2 Å². The van der Waals surface area contributed by atoms with Crippen molar-refractivity contribution in [1.82, 2.24) is 5.32 Å². The highest BCUT2D eigenvalue weighted by Gasteiger charge is 2.18. The fourth-order valence-corrected chi connectivity index (χ4v) is 2.82. The van der Waals surface area contributed by atoms with E-state index in [-0.39, 0.29) is 23.8 Å². The quantitative estimate of drug-likeness (QED) is 0.417. The first-order chi connectivity index (χ1) is 11.5. The monoisotopic (exact) mass is 346 g/mol. The highest BCUT2D eigenvalue weighted by molar-refractivity contribution is 7.14. The summed E-state index contributed by atoms with van der Waals surface area (Å²) in [7, 11) is 0. The van der Waals surface area contributed by atoms with E-state index in [1.54, 1.807) is 24.3 Å². The van der Waals surface area contributed by atoms with Crippen molar-refractivity contribution in [1.29, 1.82) is 0 Å². The standard InChI is InChI=1S/C15H10N2O6S/c18-14(10-2-1-7-22-10)12-5-3-9(24-12)8-16-15(19)11-4-6-13(23-11)17(20)21/h1-7H,8H2,(H,16,19). The summed E-state index contributed by atoms with van der Waals surface area (Å²) in [6, 6.07) is 8.91. The molecule has 0 aliphatic carbocycles. The Kier molecular flexibility index (Phi) is 4.25. The molecule has 8 nitrogen and oxygen atoms in total. The molecule has 3 heterocycles. The number of hydrogen-bond acceptors (Lipinski definition) is 7. The zero-order valence-corrected chi connectivity index (χ0v) is 12.9. The van der Waals surface area contributed by atoms with Crippen molar-refractivity contribution >= 4 is 28.9 Å². The normalized spacial score (nSPS) is 10.5. The Balaban J connectivity index is 1.61. The second-order valence-electron chi connectivity index (χ2n) is 4.65. The minimum atomic E-state index is -0.720. The lowest BCUT2D eigenvalue weighted by Gasteiger charge is -2.00. The number of rotatable bonds is 6. The maximum Gasteiger partial charge on any atom is 0.433 e. The molecule has 9 heteroatoms. The lowest BCUT2D eigenvalue weighted by atomic mass is 10.2. The fraction of sp³-hybridized carbons (Fsp3) is 0.0667. The minimum Gasteiger partial charge on any atom is -0.461 e. The summed E-state index contributed by atoms with van der Waals surface area (Å²) < 4.78 is 9.87. The van der Waals surface area contributed by atoms with E-state index in [1.807, 2.05) is 0 Å². The van der Waals surface area contributed by atoms with Gasteiger partial charge in [0.05, 0.1) is 23.8 Å². The van der Waals surface area contributed by atoms with E-state index in [0.29, 0.717) is 4.88 Å². The van der Waals surface area contributed by atoms with Crippen LogP contribution in [0.2, 0.25) is 0 Å². The Morgan fingerprint density at radius 3 is 2.67 bits per heavy atom. The molecule has 0 unspecified atom stereocenters. The molecule has 0 atom stereocenters. The number of carbonyl (C=O) groups is 2. The first kappa shape index (κ1) is 15.7. The number of ketones is 1. The molecule has 0 bridgehead atoms. The summed E-state index contributed by atoms with van der Waals surface area (Å²) >= 11 is 1.22. The summed E-state index contributed by atoms with van der Waals surface area (Å²) in [5.74, 6) is -1.21. The fourth-order valence-electron chi connectivity index (χ4n) is 1.93. The van der Waals surface area contributed by atoms with E-state index in [1.165, 1.54) is 23.7 Å². The molecule has 0 fully saturated rings. The van der Waals surface area contributed by atoms with E-state index in [2.05, 4.69) is 5.32 Å². The van der Waals surface area contributed by atoms with Gasteiger partial charge in [0.15, 0.2) is 11.5 Å². The van der Waals surface area contributed by atoms with Gasteiger partial charge >= 0.3 is 5.88 Å². The number of carbonyl (C=O) groups excluding carboxylic acids is 2. The van der Waals surface area contributed by atoms with Crippen LogP contribution in [-0.4, -0.2) is 16.6 Å². The molecule has 3 aromatic rings. The van der Waals surface area contributed by atoms with Crippen LogP contribution >= 0.6 is 11.3 Å². The van der Waals surface area contributed by atoms with Gasteiger partial charge in [-0.3, -0.25) is 19.7 Å². The third-order valence-electron chi connectivity index (χ3n) is 3.05. The van der Waals surface area contributed by atoms with Crippen molar-refractivity contribution in [3.63, 3.8) is 0 Å². The first-order valence-electron chi connectivity index (χ1n) is 6.74. The zero-order valence-electron chi connectivity index (χ0n) is 12.1. The number of amides is 1. The van der Waals surface area contributed by atoms with Crippen LogP contribution in [0.25, 0.3) is 0 Å². The van der Waals surface area contributed by atoms with E-state index in [9.17, 15) is 19.7 Å². The lowest BCUT2D eigenvalue weighted by molar-refractivity contribution is -0.402. The number of furan rings is 2. The average molecular weight is 346 g/mol. The SMILES string of the molecule is O=C(NCc1ccc(C(=O)c2ccco2)s1)c1ccc([N+](=O)[O-])o1. The third kappa shape index (κ3) is 3.25. The highest BCUT2D eigenvalue weighted by Crippen LogP contribution is 2.21. The van der Waals surface area contributed by atoms with Gasteiger partial charge in [-0.25, -0.2) is 0 Å². The molecule has 1 amide bonds. The number of hydrogen-bond donors (Lipinski definition) is 1. The Labute approximate surface area is 138 Å². The van der Waals surface area contributed by atoms with Crippen molar-refractivity contribution in [2.24, 2.45) is 0 Å². The Hall–Kier alpha value is -3.20. The van der Waals surface area contributed by atoms with Crippen LogP contribution in [0.3, 0.4) is 0 Å². The summed E-state index contributed by atoms with van der Waals surface area (Å²) in [6.45, 7) is 0.170. The zero-order chi connectivity index (χ0) is 17.1. The Morgan fingerprint density at radius 2 is 2.00 bits per heavy atom. The molecular formula is C15H10N2O6S. The van der Waals surface area contributed by atoms with E-state index in [0.717, 1.165) is 10.9 Å². The molecule has 0 aliphatic heterocycles. The van der Waals surface area contributed by atoms with Gasteiger partial charge in [0.25, 0.3) is 5.91 Å². The first-order valence-corrected chi connectivity index (χ1v) is 7.55. The number of nitrogens with zero attached hydrogens (tertiary/aromatic N) is 1. The maximum atomic E-state index is 12.1. The smallest absolute Gasteiger partial charge is 0.433 e. The van der Waals surface area contributed by atoms with Crippen LogP contribution < -0.4 is 5.32 Å². The molecule has 0 radical (unpaired) electrons. The van der Waals surface area contributed by atoms with E-state index in [4.69, 9.17) is 8.83 Å². The molecule has 0 aliphatic rings. The molecule has 0 aromatic carbocycles. The van der Waals surface area contributed by atoms with Gasteiger partial charge in [-0.2, -0.15) is 0 Å². The molecule has 24 heavy (non-hydrogen) atoms. The van der Waals surface area contributed by atoms with Gasteiger partial charge in [-0.15, -0.1) is 11.3 Å². The van der Waals surface area contributed by atoms with Gasteiger partial charge in [0, 0.05) is 4.88 Å². The second-order valence-corrected chi connectivity index (χ2v) is 5.82. The largest absolute Gasteiger partial charge is 0.461 e. The topological polar surface area (TPSA) is 116 Å². The molecule has 1 N–H and O–H groups in total. The average Bonchev–Trinajstić information content (AvgIpc) is 3.33. The predicted molar refractivity (Wildman–Crippen MR) is 83.0 cm³/mol. The van der Waals surface area contributed by atoms with E-state index >= 15 is 0 Å². The van der Waals surface area contributed by atoms with Gasteiger partial charge in [-0.1, -0.05) is 0 Å². The summed E-state index contributed by atoms with van der Waals surface area (Å²) in [5.41, 5.74) is 0. The number of nitrogens with one attached hydrogen (secondary N) is 1. The molecule has 122 valence electrons. The molecule has 3 rings (SSSR count). The van der Waals surface area contributed by atoms with Gasteiger partial charge in [0.1, 0.15) is 4.92 Å². The van der Waals surface area contributed by atoms with Crippen molar-refractivity contribution < 1.29 is 23.3 Å². The van der Waals surface area contributed by atoms with Crippen LogP contribution in [0.5, 0.6) is 0 Å². The van der Waals surface area contributed by atoms with Crippen molar-refractivity contribution in [3.05, 3.63) is 74.1 Å². The van der Waals surface area contributed by atoms with Crippen molar-refractivity contribution in [3.8, 4) is 0 Å². The van der Waals surface area contributed by atoms with Gasteiger partial charge in [0.2, 0.25) is 5.78 Å². The van der Waals surface area contributed by atoms with E-state index < -0.39 is 16.7 Å². The lowest BCUT2D eigenvalue weighted by Crippen LogP contribution is -2.21. The maximum absolute atomic E-state index is 12.1. The van der Waals surface area contributed by atoms with Crippen LogP contribution in [0.4, 0.5) is 5.88 Å². The van der Waals surface area contributed by atoms with Crippen LogP contribution in [0, 0.1) is 10.1 Å². The van der Waals surface area contributed by atoms with Crippen LogP contribution in [-0.2, 0) is 6.54 Å². The Bertz CT molecular complexity index is 893. The summed E-state index contributed by atoms with van der Waals surface area (Å²) in [6.07, 6.45) is 1.42. The third-order valence-corrected chi connectivity index (χ3v) is 4.13. The molecular weight excluding hydrogens is 336 g/mol. The molecule has 0 saturated carbocycles.